The summed E-state index contributed by atoms with van der Waals surface area (Å²) in [4.78, 5) is 0. The first kappa shape index (κ1) is 12.2. The fourth-order valence-corrected chi connectivity index (χ4v) is 3.65. The molecule has 2 nitrogen and oxygen atoms in total. The number of hydrogen-bond donors (Lipinski definition) is 1. The molecule has 1 aliphatic rings. The second kappa shape index (κ2) is 4.65. The van der Waals surface area contributed by atoms with Crippen LogP contribution in [0.15, 0.2) is 29.6 Å². The SMILES string of the molecule is CC1(C(O)Cc2csc3ccccc23)CCCO1. The molecule has 2 unspecified atom stereocenters. The normalized spacial score (nSPS) is 25.7. The standard InChI is InChI=1S/C15H18O2S/c1-15(7-4-8-17-15)14(16)9-11-10-18-13-6-3-2-5-12(11)13/h2-3,5-6,10,14,16H,4,7-9H2,1H3. The Morgan fingerprint density at radius 1 is 1.44 bits per heavy atom. The number of rotatable bonds is 3. The van der Waals surface area contributed by atoms with Crippen molar-refractivity contribution in [3.05, 3.63) is 35.2 Å². The zero-order chi connectivity index (χ0) is 12.6. The van der Waals surface area contributed by atoms with E-state index in [-0.39, 0.29) is 5.60 Å². The molecular formula is C15H18O2S. The second-order valence-corrected chi connectivity index (χ2v) is 6.15. The van der Waals surface area contributed by atoms with Gasteiger partial charge in [-0.3, -0.25) is 0 Å². The first-order valence-electron chi connectivity index (χ1n) is 6.46. The van der Waals surface area contributed by atoms with Crippen molar-refractivity contribution in [1.82, 2.24) is 0 Å². The Labute approximate surface area is 111 Å². The van der Waals surface area contributed by atoms with Crippen molar-refractivity contribution in [3.8, 4) is 0 Å². The highest BCUT2D eigenvalue weighted by atomic mass is 32.1. The minimum absolute atomic E-state index is 0.358. The van der Waals surface area contributed by atoms with Crippen molar-refractivity contribution in [3.63, 3.8) is 0 Å². The third kappa shape index (κ3) is 2.07. The molecule has 1 fully saturated rings. The van der Waals surface area contributed by atoms with Crippen molar-refractivity contribution in [2.75, 3.05) is 6.61 Å². The molecule has 1 saturated heterocycles. The van der Waals surface area contributed by atoms with Gasteiger partial charge in [-0.15, -0.1) is 11.3 Å². The molecule has 96 valence electrons. The fourth-order valence-electron chi connectivity index (χ4n) is 2.68. The summed E-state index contributed by atoms with van der Waals surface area (Å²) in [5.74, 6) is 0. The predicted molar refractivity (Wildman–Crippen MR) is 75.1 cm³/mol. The summed E-state index contributed by atoms with van der Waals surface area (Å²) >= 11 is 1.75. The molecule has 0 radical (unpaired) electrons. The molecule has 0 bridgehead atoms. The van der Waals surface area contributed by atoms with Crippen LogP contribution < -0.4 is 0 Å². The van der Waals surface area contributed by atoms with E-state index >= 15 is 0 Å². The lowest BCUT2D eigenvalue weighted by atomic mass is 9.91. The van der Waals surface area contributed by atoms with E-state index in [9.17, 15) is 5.11 Å². The number of aliphatic hydroxyl groups excluding tert-OH is 1. The van der Waals surface area contributed by atoms with Crippen LogP contribution in [0, 0.1) is 0 Å². The summed E-state index contributed by atoms with van der Waals surface area (Å²) in [5.41, 5.74) is 0.878. The molecule has 0 amide bonds. The molecule has 0 spiro atoms. The van der Waals surface area contributed by atoms with Gasteiger partial charge in [0.05, 0.1) is 11.7 Å². The van der Waals surface area contributed by atoms with Gasteiger partial charge in [-0.1, -0.05) is 18.2 Å². The first-order chi connectivity index (χ1) is 8.69. The molecule has 0 saturated carbocycles. The molecule has 0 aliphatic carbocycles. The maximum Gasteiger partial charge on any atom is 0.0916 e. The minimum atomic E-state index is -0.419. The summed E-state index contributed by atoms with van der Waals surface area (Å²) in [6.07, 6.45) is 2.27. The Morgan fingerprint density at radius 3 is 3.06 bits per heavy atom. The molecule has 2 atom stereocenters. The van der Waals surface area contributed by atoms with Crippen molar-refractivity contribution < 1.29 is 9.84 Å². The highest BCUT2D eigenvalue weighted by Crippen LogP contribution is 2.33. The molecule has 2 heterocycles. The lowest BCUT2D eigenvalue weighted by Gasteiger charge is -2.29. The van der Waals surface area contributed by atoms with Crippen LogP contribution in [0.4, 0.5) is 0 Å². The van der Waals surface area contributed by atoms with E-state index in [1.807, 2.05) is 6.92 Å². The smallest absolute Gasteiger partial charge is 0.0916 e. The fraction of sp³-hybridized carbons (Fsp3) is 0.467. The van der Waals surface area contributed by atoms with E-state index in [1.165, 1.54) is 15.6 Å². The lowest BCUT2D eigenvalue weighted by Crippen LogP contribution is -2.39. The van der Waals surface area contributed by atoms with Gasteiger partial charge in [-0.25, -0.2) is 0 Å². The maximum atomic E-state index is 10.4. The summed E-state index contributed by atoms with van der Waals surface area (Å²) in [6, 6.07) is 8.37. The molecule has 1 N–H and O–H groups in total. The van der Waals surface area contributed by atoms with Gasteiger partial charge in [-0.05, 0) is 42.2 Å². The van der Waals surface area contributed by atoms with Crippen LogP contribution >= 0.6 is 11.3 Å². The average Bonchev–Trinajstić information content (AvgIpc) is 2.98. The zero-order valence-corrected chi connectivity index (χ0v) is 11.4. The van der Waals surface area contributed by atoms with Crippen LogP contribution in [0.5, 0.6) is 0 Å². The largest absolute Gasteiger partial charge is 0.390 e. The van der Waals surface area contributed by atoms with Gasteiger partial charge in [0.1, 0.15) is 0 Å². The van der Waals surface area contributed by atoms with E-state index in [4.69, 9.17) is 4.74 Å². The summed E-state index contributed by atoms with van der Waals surface area (Å²) in [7, 11) is 0. The average molecular weight is 262 g/mol. The Bertz CT molecular complexity index is 540. The number of ether oxygens (including phenoxy) is 1. The van der Waals surface area contributed by atoms with Crippen molar-refractivity contribution in [2.24, 2.45) is 0 Å². The van der Waals surface area contributed by atoms with E-state index < -0.39 is 6.10 Å². The Hall–Kier alpha value is -0.900. The van der Waals surface area contributed by atoms with Gasteiger partial charge in [0, 0.05) is 17.7 Å². The summed E-state index contributed by atoms with van der Waals surface area (Å²) in [5, 5.41) is 13.8. The van der Waals surface area contributed by atoms with E-state index in [0.717, 1.165) is 19.4 Å². The van der Waals surface area contributed by atoms with E-state index in [1.54, 1.807) is 11.3 Å². The van der Waals surface area contributed by atoms with Crippen LogP contribution in [-0.2, 0) is 11.2 Å². The van der Waals surface area contributed by atoms with Gasteiger partial charge in [0.2, 0.25) is 0 Å². The lowest BCUT2D eigenvalue weighted by molar-refractivity contribution is -0.0766. The molecule has 1 aromatic heterocycles. The number of fused-ring (bicyclic) bond motifs is 1. The van der Waals surface area contributed by atoms with Crippen LogP contribution in [-0.4, -0.2) is 23.4 Å². The molecule has 2 aromatic rings. The maximum absolute atomic E-state index is 10.4. The van der Waals surface area contributed by atoms with Crippen LogP contribution in [0.25, 0.3) is 10.1 Å². The quantitative estimate of drug-likeness (QED) is 0.919. The van der Waals surface area contributed by atoms with Gasteiger partial charge >= 0.3 is 0 Å². The van der Waals surface area contributed by atoms with Gasteiger partial charge in [0.25, 0.3) is 0 Å². The number of thiophene rings is 1. The van der Waals surface area contributed by atoms with Crippen LogP contribution in [0.3, 0.4) is 0 Å². The molecule has 3 heteroatoms. The van der Waals surface area contributed by atoms with E-state index in [2.05, 4.69) is 29.6 Å². The summed E-state index contributed by atoms with van der Waals surface area (Å²) < 4.78 is 7.01. The third-order valence-electron chi connectivity index (χ3n) is 3.93. The number of aliphatic hydroxyl groups is 1. The predicted octanol–water partition coefficient (Wildman–Crippen LogP) is 3.37. The highest BCUT2D eigenvalue weighted by Gasteiger charge is 2.37. The minimum Gasteiger partial charge on any atom is -0.390 e. The Balaban J connectivity index is 1.84. The van der Waals surface area contributed by atoms with Crippen molar-refractivity contribution >= 4 is 21.4 Å². The number of hydrogen-bond acceptors (Lipinski definition) is 3. The summed E-state index contributed by atoms with van der Waals surface area (Å²) in [6.45, 7) is 2.80. The van der Waals surface area contributed by atoms with Gasteiger partial charge in [0.15, 0.2) is 0 Å². The molecule has 3 rings (SSSR count). The van der Waals surface area contributed by atoms with Crippen molar-refractivity contribution in [2.45, 2.75) is 37.9 Å². The van der Waals surface area contributed by atoms with Crippen LogP contribution in [0.1, 0.15) is 25.3 Å². The monoisotopic (exact) mass is 262 g/mol. The third-order valence-corrected chi connectivity index (χ3v) is 4.94. The molecule has 1 aromatic carbocycles. The highest BCUT2D eigenvalue weighted by molar-refractivity contribution is 7.17. The first-order valence-corrected chi connectivity index (χ1v) is 7.34. The van der Waals surface area contributed by atoms with E-state index in [0.29, 0.717) is 6.42 Å². The Morgan fingerprint density at radius 2 is 2.28 bits per heavy atom. The van der Waals surface area contributed by atoms with Gasteiger partial charge < -0.3 is 9.84 Å². The van der Waals surface area contributed by atoms with Crippen LogP contribution in [0.2, 0.25) is 0 Å². The molecule has 18 heavy (non-hydrogen) atoms. The number of benzene rings is 1. The molecule has 1 aliphatic heterocycles. The Kier molecular flexibility index (Phi) is 3.14. The topological polar surface area (TPSA) is 29.5 Å². The van der Waals surface area contributed by atoms with Gasteiger partial charge in [-0.2, -0.15) is 0 Å². The van der Waals surface area contributed by atoms with Crippen molar-refractivity contribution in [1.29, 1.82) is 0 Å². The zero-order valence-electron chi connectivity index (χ0n) is 10.6. The molecular weight excluding hydrogens is 244 g/mol. The second-order valence-electron chi connectivity index (χ2n) is 5.24.